The first kappa shape index (κ1) is 16.1. The third-order valence-electron chi connectivity index (χ3n) is 2.97. The standard InChI is InChI=1S/C15H20FN3O/c1-4-7-19(11-15(20)18(2)3)10-13-8-12(9-17)5-6-14(13)16/h5-6,8H,4,7,10-11H2,1-3H3. The third kappa shape index (κ3) is 4.63. The van der Waals surface area contributed by atoms with Crippen LogP contribution in [0.2, 0.25) is 0 Å². The highest BCUT2D eigenvalue weighted by molar-refractivity contribution is 5.77. The molecule has 1 aromatic carbocycles. The smallest absolute Gasteiger partial charge is 0.236 e. The molecule has 0 radical (unpaired) electrons. The van der Waals surface area contributed by atoms with E-state index in [0.29, 0.717) is 24.2 Å². The number of nitrogens with zero attached hydrogens (tertiary/aromatic N) is 3. The van der Waals surface area contributed by atoms with Crippen LogP contribution >= 0.6 is 0 Å². The minimum absolute atomic E-state index is 0.0182. The molecule has 0 aromatic heterocycles. The number of rotatable bonds is 6. The number of carbonyl (C=O) groups excluding carboxylic acids is 1. The van der Waals surface area contributed by atoms with Gasteiger partial charge in [0.05, 0.1) is 18.2 Å². The van der Waals surface area contributed by atoms with Gasteiger partial charge in [0.15, 0.2) is 0 Å². The monoisotopic (exact) mass is 277 g/mol. The Morgan fingerprint density at radius 1 is 1.40 bits per heavy atom. The Morgan fingerprint density at radius 3 is 2.65 bits per heavy atom. The molecule has 0 N–H and O–H groups in total. The lowest BCUT2D eigenvalue weighted by Crippen LogP contribution is -2.36. The fourth-order valence-electron chi connectivity index (χ4n) is 1.87. The molecule has 1 rings (SSSR count). The van der Waals surface area contributed by atoms with Crippen LogP contribution < -0.4 is 0 Å². The van der Waals surface area contributed by atoms with Crippen molar-refractivity contribution in [3.05, 3.63) is 35.1 Å². The van der Waals surface area contributed by atoms with Crippen LogP contribution in [0.3, 0.4) is 0 Å². The Morgan fingerprint density at radius 2 is 2.10 bits per heavy atom. The van der Waals surface area contributed by atoms with Crippen molar-refractivity contribution in [3.8, 4) is 6.07 Å². The zero-order chi connectivity index (χ0) is 15.1. The quantitative estimate of drug-likeness (QED) is 0.799. The van der Waals surface area contributed by atoms with E-state index in [1.54, 1.807) is 14.1 Å². The van der Waals surface area contributed by atoms with Crippen molar-refractivity contribution in [2.24, 2.45) is 0 Å². The Labute approximate surface area is 119 Å². The molecule has 20 heavy (non-hydrogen) atoms. The maximum Gasteiger partial charge on any atom is 0.236 e. The third-order valence-corrected chi connectivity index (χ3v) is 2.97. The van der Waals surface area contributed by atoms with Crippen molar-refractivity contribution in [2.45, 2.75) is 19.9 Å². The van der Waals surface area contributed by atoms with Gasteiger partial charge >= 0.3 is 0 Å². The highest BCUT2D eigenvalue weighted by Gasteiger charge is 2.14. The van der Waals surface area contributed by atoms with E-state index >= 15 is 0 Å². The second kappa shape index (κ2) is 7.61. The van der Waals surface area contributed by atoms with Gasteiger partial charge in [-0.2, -0.15) is 5.26 Å². The summed E-state index contributed by atoms with van der Waals surface area (Å²) in [6.45, 7) is 3.29. The molecule has 0 spiro atoms. The van der Waals surface area contributed by atoms with E-state index in [0.717, 1.165) is 6.42 Å². The maximum atomic E-state index is 13.8. The first-order chi connectivity index (χ1) is 9.47. The number of likely N-dealkylation sites (N-methyl/N-ethyl adjacent to an activating group) is 1. The zero-order valence-corrected chi connectivity index (χ0v) is 12.2. The average Bonchev–Trinajstić information content (AvgIpc) is 2.41. The topological polar surface area (TPSA) is 47.3 Å². The molecular weight excluding hydrogens is 257 g/mol. The van der Waals surface area contributed by atoms with E-state index in [4.69, 9.17) is 5.26 Å². The maximum absolute atomic E-state index is 13.8. The molecule has 0 heterocycles. The lowest BCUT2D eigenvalue weighted by atomic mass is 10.1. The van der Waals surface area contributed by atoms with Crippen LogP contribution in [0.1, 0.15) is 24.5 Å². The summed E-state index contributed by atoms with van der Waals surface area (Å²) < 4.78 is 13.8. The van der Waals surface area contributed by atoms with Gasteiger partial charge in [0.1, 0.15) is 5.82 Å². The molecule has 4 nitrogen and oxygen atoms in total. The second-order valence-electron chi connectivity index (χ2n) is 4.92. The predicted octanol–water partition coefficient (Wildman–Crippen LogP) is 2.00. The minimum atomic E-state index is -0.345. The summed E-state index contributed by atoms with van der Waals surface area (Å²) in [5.74, 6) is -0.363. The lowest BCUT2D eigenvalue weighted by Gasteiger charge is -2.23. The van der Waals surface area contributed by atoms with Crippen molar-refractivity contribution < 1.29 is 9.18 Å². The molecule has 0 fully saturated rings. The molecule has 108 valence electrons. The van der Waals surface area contributed by atoms with E-state index < -0.39 is 0 Å². The minimum Gasteiger partial charge on any atom is -0.348 e. The molecule has 0 aliphatic rings. The molecule has 0 aliphatic carbocycles. The van der Waals surface area contributed by atoms with Crippen LogP contribution in [0.25, 0.3) is 0 Å². The number of benzene rings is 1. The van der Waals surface area contributed by atoms with Crippen LogP contribution in [0.4, 0.5) is 4.39 Å². The number of nitriles is 1. The Balaban J connectivity index is 2.85. The van der Waals surface area contributed by atoms with Crippen LogP contribution in [0.5, 0.6) is 0 Å². The van der Waals surface area contributed by atoms with Gasteiger partial charge in [-0.1, -0.05) is 6.92 Å². The fraction of sp³-hybridized carbons (Fsp3) is 0.467. The summed E-state index contributed by atoms with van der Waals surface area (Å²) in [5, 5.41) is 8.86. The summed E-state index contributed by atoms with van der Waals surface area (Å²) in [4.78, 5) is 15.2. The molecule has 0 unspecified atom stereocenters. The van der Waals surface area contributed by atoms with Crippen molar-refractivity contribution in [1.29, 1.82) is 5.26 Å². The van der Waals surface area contributed by atoms with E-state index in [2.05, 4.69) is 0 Å². The molecule has 0 saturated heterocycles. The highest BCUT2D eigenvalue weighted by Crippen LogP contribution is 2.13. The van der Waals surface area contributed by atoms with Crippen LogP contribution in [-0.2, 0) is 11.3 Å². The van der Waals surface area contributed by atoms with Crippen LogP contribution in [0, 0.1) is 17.1 Å². The zero-order valence-electron chi connectivity index (χ0n) is 12.2. The normalized spacial score (nSPS) is 10.4. The SMILES string of the molecule is CCCN(CC(=O)N(C)C)Cc1cc(C#N)ccc1F. The van der Waals surface area contributed by atoms with Gasteiger partial charge < -0.3 is 4.90 Å². The van der Waals surface area contributed by atoms with Gasteiger partial charge in [-0.05, 0) is 31.2 Å². The lowest BCUT2D eigenvalue weighted by molar-refractivity contribution is -0.130. The number of carbonyl (C=O) groups is 1. The van der Waals surface area contributed by atoms with E-state index in [9.17, 15) is 9.18 Å². The number of halogens is 1. The van der Waals surface area contributed by atoms with Gasteiger partial charge in [0.2, 0.25) is 5.91 Å². The summed E-state index contributed by atoms with van der Waals surface area (Å²) in [6, 6.07) is 6.29. The number of hydrogen-bond donors (Lipinski definition) is 0. The van der Waals surface area contributed by atoms with Crippen molar-refractivity contribution >= 4 is 5.91 Å². The highest BCUT2D eigenvalue weighted by atomic mass is 19.1. The van der Waals surface area contributed by atoms with E-state index in [1.165, 1.54) is 23.1 Å². The van der Waals surface area contributed by atoms with Gasteiger partial charge in [-0.3, -0.25) is 9.69 Å². The van der Waals surface area contributed by atoms with E-state index in [1.807, 2.05) is 17.9 Å². The molecule has 1 aromatic rings. The molecular formula is C15H20FN3O. The number of amides is 1. The van der Waals surface area contributed by atoms with Crippen LogP contribution in [0.15, 0.2) is 18.2 Å². The Hall–Kier alpha value is -1.93. The van der Waals surface area contributed by atoms with Gasteiger partial charge in [-0.25, -0.2) is 4.39 Å². The predicted molar refractivity (Wildman–Crippen MR) is 75.4 cm³/mol. The summed E-state index contributed by atoms with van der Waals surface area (Å²) in [5.41, 5.74) is 0.876. The summed E-state index contributed by atoms with van der Waals surface area (Å²) in [7, 11) is 3.40. The first-order valence-electron chi connectivity index (χ1n) is 6.59. The largest absolute Gasteiger partial charge is 0.348 e. The average molecular weight is 277 g/mol. The first-order valence-corrected chi connectivity index (χ1v) is 6.59. The Bertz CT molecular complexity index is 508. The van der Waals surface area contributed by atoms with Crippen molar-refractivity contribution in [3.63, 3.8) is 0 Å². The van der Waals surface area contributed by atoms with E-state index in [-0.39, 0.29) is 18.3 Å². The van der Waals surface area contributed by atoms with Crippen molar-refractivity contribution in [2.75, 3.05) is 27.2 Å². The molecule has 0 bridgehead atoms. The molecule has 0 aliphatic heterocycles. The van der Waals surface area contributed by atoms with Gasteiger partial charge in [-0.15, -0.1) is 0 Å². The van der Waals surface area contributed by atoms with Crippen molar-refractivity contribution in [1.82, 2.24) is 9.80 Å². The van der Waals surface area contributed by atoms with Crippen LogP contribution in [-0.4, -0.2) is 42.9 Å². The molecule has 0 atom stereocenters. The molecule has 1 amide bonds. The second-order valence-corrected chi connectivity index (χ2v) is 4.92. The summed E-state index contributed by atoms with van der Waals surface area (Å²) in [6.07, 6.45) is 0.875. The summed E-state index contributed by atoms with van der Waals surface area (Å²) >= 11 is 0. The number of hydrogen-bond acceptors (Lipinski definition) is 3. The molecule has 5 heteroatoms. The fourth-order valence-corrected chi connectivity index (χ4v) is 1.87. The van der Waals surface area contributed by atoms with Gasteiger partial charge in [0, 0.05) is 26.2 Å². The van der Waals surface area contributed by atoms with Gasteiger partial charge in [0.25, 0.3) is 0 Å². The Kier molecular flexibility index (Phi) is 6.13. The molecule has 0 saturated carbocycles.